The lowest BCUT2D eigenvalue weighted by Gasteiger charge is -2.22. The molecule has 0 radical (unpaired) electrons. The van der Waals surface area contributed by atoms with Crippen LogP contribution in [0.2, 0.25) is 0 Å². The maximum absolute atomic E-state index is 5.24. The van der Waals surface area contributed by atoms with Gasteiger partial charge < -0.3 is 4.57 Å². The Kier molecular flexibility index (Phi) is 6.41. The molecular weight excluding hydrogens is 480 g/mol. The van der Waals surface area contributed by atoms with Crippen molar-refractivity contribution in [2.45, 2.75) is 53.0 Å². The Morgan fingerprint density at radius 3 is 2.16 bits per heavy atom. The highest BCUT2D eigenvalue weighted by Gasteiger charge is 2.21. The molecule has 3 heteroatoms. The van der Waals surface area contributed by atoms with Gasteiger partial charge in [-0.05, 0) is 70.8 Å². The molecule has 2 aromatic heterocycles. The van der Waals surface area contributed by atoms with Crippen LogP contribution in [0.25, 0.3) is 43.6 Å². The van der Waals surface area contributed by atoms with Gasteiger partial charge in [0.25, 0.3) is 0 Å². The van der Waals surface area contributed by atoms with Crippen LogP contribution in [-0.4, -0.2) is 9.55 Å². The summed E-state index contributed by atoms with van der Waals surface area (Å²) >= 11 is 1.80. The quantitative estimate of drug-likeness (QED) is 0.216. The van der Waals surface area contributed by atoms with Gasteiger partial charge >= 0.3 is 0 Å². The van der Waals surface area contributed by atoms with Crippen molar-refractivity contribution < 1.29 is 0 Å². The van der Waals surface area contributed by atoms with Crippen LogP contribution in [0, 0.1) is 6.92 Å². The molecule has 4 aromatic carbocycles. The second kappa shape index (κ2) is 9.89. The number of benzene rings is 4. The van der Waals surface area contributed by atoms with Crippen LogP contribution >= 0.6 is 11.3 Å². The first kappa shape index (κ1) is 24.6. The van der Waals surface area contributed by atoms with E-state index in [9.17, 15) is 0 Å². The summed E-state index contributed by atoms with van der Waals surface area (Å²) in [5.74, 6) is 1.96. The molecular formula is C35H34N2S. The van der Waals surface area contributed by atoms with E-state index in [4.69, 9.17) is 4.98 Å². The van der Waals surface area contributed by atoms with E-state index in [2.05, 4.69) is 129 Å². The summed E-state index contributed by atoms with van der Waals surface area (Å²) in [6.45, 7) is 12.3. The number of aromatic nitrogens is 2. The molecule has 0 saturated carbocycles. The summed E-state index contributed by atoms with van der Waals surface area (Å²) in [6.07, 6.45) is 0. The zero-order valence-electron chi connectivity index (χ0n) is 22.8. The van der Waals surface area contributed by atoms with E-state index in [-0.39, 0.29) is 0 Å². The van der Waals surface area contributed by atoms with Crippen molar-refractivity contribution in [3.05, 3.63) is 113 Å². The zero-order chi connectivity index (χ0) is 26.4. The molecule has 0 N–H and O–H groups in total. The summed E-state index contributed by atoms with van der Waals surface area (Å²) < 4.78 is 3.74. The highest BCUT2D eigenvalue weighted by atomic mass is 32.1. The average molecular weight is 515 g/mol. The predicted molar refractivity (Wildman–Crippen MR) is 164 cm³/mol. The topological polar surface area (TPSA) is 17.8 Å². The fraction of sp³-hybridized carbons (Fsp3) is 0.229. The van der Waals surface area contributed by atoms with Gasteiger partial charge in [0.15, 0.2) is 0 Å². The van der Waals surface area contributed by atoms with Crippen LogP contribution in [0.3, 0.4) is 0 Å². The number of hydrogen-bond acceptors (Lipinski definition) is 2. The first-order valence-corrected chi connectivity index (χ1v) is 14.4. The van der Waals surface area contributed by atoms with Crippen LogP contribution in [0.4, 0.5) is 0 Å². The lowest BCUT2D eigenvalue weighted by molar-refractivity contribution is 0.748. The highest BCUT2D eigenvalue weighted by Crippen LogP contribution is 2.39. The zero-order valence-corrected chi connectivity index (χ0v) is 23.6. The Labute approximate surface area is 229 Å². The summed E-state index contributed by atoms with van der Waals surface area (Å²) in [6, 6.07) is 30.8. The second-order valence-electron chi connectivity index (χ2n) is 11.0. The lowest BCUT2D eigenvalue weighted by atomic mass is 9.87. The summed E-state index contributed by atoms with van der Waals surface area (Å²) in [4.78, 5) is 5.24. The fourth-order valence-electron chi connectivity index (χ4n) is 5.70. The molecule has 0 fully saturated rings. The summed E-state index contributed by atoms with van der Waals surface area (Å²) in [5, 5.41) is 3.56. The number of thiophene rings is 1. The third-order valence-corrected chi connectivity index (χ3v) is 8.56. The van der Waals surface area contributed by atoms with E-state index in [1.807, 2.05) is 0 Å². The van der Waals surface area contributed by atoms with Crippen LogP contribution in [0.5, 0.6) is 0 Å². The van der Waals surface area contributed by atoms with Crippen LogP contribution in [0.15, 0.2) is 90.3 Å². The second-order valence-corrected chi connectivity index (χ2v) is 11.9. The number of aryl methyl sites for hydroxylation is 1. The van der Waals surface area contributed by atoms with Crippen molar-refractivity contribution in [3.63, 3.8) is 0 Å². The van der Waals surface area contributed by atoms with E-state index < -0.39 is 0 Å². The van der Waals surface area contributed by atoms with E-state index in [1.165, 1.54) is 54.5 Å². The minimum Gasteiger partial charge on any atom is -0.319 e. The number of fused-ring (bicyclic) bond motifs is 2. The Morgan fingerprint density at radius 1 is 0.763 bits per heavy atom. The Hall–Kier alpha value is -3.69. The molecule has 6 aromatic rings. The molecule has 38 heavy (non-hydrogen) atoms. The molecule has 0 aliphatic rings. The van der Waals surface area contributed by atoms with Crippen LogP contribution < -0.4 is 0 Å². The first-order valence-electron chi connectivity index (χ1n) is 13.6. The Morgan fingerprint density at radius 2 is 1.45 bits per heavy atom. The molecule has 190 valence electrons. The third-order valence-electron chi connectivity index (χ3n) is 7.60. The molecule has 0 atom stereocenters. The molecule has 0 bridgehead atoms. The molecule has 2 heterocycles. The Bertz CT molecular complexity index is 1720. The van der Waals surface area contributed by atoms with Gasteiger partial charge in [0.1, 0.15) is 5.82 Å². The average Bonchev–Trinajstić information content (AvgIpc) is 3.50. The van der Waals surface area contributed by atoms with Crippen LogP contribution in [0.1, 0.15) is 61.8 Å². The molecule has 2 nitrogen and oxygen atoms in total. The maximum atomic E-state index is 5.24. The van der Waals surface area contributed by atoms with E-state index in [1.54, 1.807) is 11.3 Å². The van der Waals surface area contributed by atoms with Crippen molar-refractivity contribution in [2.24, 2.45) is 0 Å². The maximum Gasteiger partial charge on any atom is 0.142 e. The van der Waals surface area contributed by atoms with E-state index >= 15 is 0 Å². The van der Waals surface area contributed by atoms with Gasteiger partial charge in [0.2, 0.25) is 0 Å². The minimum atomic E-state index is 0.455. The molecule has 0 amide bonds. The molecule has 0 aliphatic heterocycles. The van der Waals surface area contributed by atoms with Gasteiger partial charge in [-0.3, -0.25) is 0 Å². The summed E-state index contributed by atoms with van der Waals surface area (Å²) in [5.41, 5.74) is 11.6. The van der Waals surface area contributed by atoms with E-state index in [0.29, 0.717) is 11.8 Å². The predicted octanol–water partition coefficient (Wildman–Crippen LogP) is 10.2. The van der Waals surface area contributed by atoms with Gasteiger partial charge in [-0.15, -0.1) is 11.3 Å². The number of nitrogens with zero attached hydrogens (tertiary/aromatic N) is 2. The SMILES string of the molecule is Cc1cc(C(C)C)c(Cn2c(-c3csc4ccc(-c5ccccc5)cc34)nc3ccccc32)c(C(C)C)c1. The molecule has 6 rings (SSSR count). The molecule has 0 aliphatic carbocycles. The van der Waals surface area contributed by atoms with Crippen molar-refractivity contribution >= 4 is 32.5 Å². The van der Waals surface area contributed by atoms with Crippen molar-refractivity contribution in [1.29, 1.82) is 0 Å². The molecule has 0 saturated heterocycles. The van der Waals surface area contributed by atoms with Gasteiger partial charge in [0.05, 0.1) is 17.6 Å². The number of para-hydroxylation sites is 2. The van der Waals surface area contributed by atoms with Gasteiger partial charge in [-0.25, -0.2) is 4.98 Å². The van der Waals surface area contributed by atoms with E-state index in [0.717, 1.165) is 17.9 Å². The largest absolute Gasteiger partial charge is 0.319 e. The first-order chi connectivity index (χ1) is 18.4. The number of rotatable bonds is 6. The van der Waals surface area contributed by atoms with Crippen molar-refractivity contribution in [3.8, 4) is 22.5 Å². The van der Waals surface area contributed by atoms with Gasteiger partial charge in [-0.1, -0.05) is 93.9 Å². The Balaban J connectivity index is 1.57. The third kappa shape index (κ3) is 4.35. The standard InChI is InChI=1S/C35H34N2S/c1-22(2)27-17-24(5)18-28(23(3)4)30(27)20-37-33-14-10-9-13-32(33)36-35(37)31-21-38-34-16-15-26(19-29(31)34)25-11-7-6-8-12-25/h6-19,21-23H,20H2,1-5H3. The number of hydrogen-bond donors (Lipinski definition) is 0. The number of imidazole rings is 1. The minimum absolute atomic E-state index is 0.455. The van der Waals surface area contributed by atoms with Crippen molar-refractivity contribution in [2.75, 3.05) is 0 Å². The monoisotopic (exact) mass is 514 g/mol. The summed E-state index contributed by atoms with van der Waals surface area (Å²) in [7, 11) is 0. The lowest BCUT2D eigenvalue weighted by Crippen LogP contribution is -2.10. The van der Waals surface area contributed by atoms with Crippen LogP contribution in [-0.2, 0) is 6.54 Å². The highest BCUT2D eigenvalue weighted by molar-refractivity contribution is 7.17. The fourth-order valence-corrected chi connectivity index (χ4v) is 6.62. The molecule has 0 unspecified atom stereocenters. The van der Waals surface area contributed by atoms with Gasteiger partial charge in [0, 0.05) is 21.0 Å². The van der Waals surface area contributed by atoms with Gasteiger partial charge in [-0.2, -0.15) is 0 Å². The molecule has 0 spiro atoms. The normalized spacial score (nSPS) is 11.9. The van der Waals surface area contributed by atoms with Crippen molar-refractivity contribution in [1.82, 2.24) is 9.55 Å². The smallest absolute Gasteiger partial charge is 0.142 e.